The lowest BCUT2D eigenvalue weighted by Crippen LogP contribution is -2.35. The zero-order chi connectivity index (χ0) is 14.5. The first-order chi connectivity index (χ1) is 8.81. The number of ether oxygens (including phenoxy) is 2. The first-order valence-corrected chi connectivity index (χ1v) is 7.30. The minimum atomic E-state index is 0.0970. The molecule has 1 unspecified atom stereocenters. The Morgan fingerprint density at radius 2 is 2.00 bits per heavy atom. The second kappa shape index (κ2) is 7.27. The van der Waals surface area contributed by atoms with Gasteiger partial charge in [0.2, 0.25) is 0 Å². The molecule has 1 N–H and O–H groups in total. The molecule has 1 rings (SSSR count). The third-order valence-corrected chi connectivity index (χ3v) is 3.49. The maximum atomic E-state index is 5.71. The lowest BCUT2D eigenvalue weighted by Gasteiger charge is -2.21. The molecule has 19 heavy (non-hydrogen) atoms. The fourth-order valence-electron chi connectivity index (χ4n) is 1.42. The molecule has 0 aromatic heterocycles. The van der Waals surface area contributed by atoms with Gasteiger partial charge in [0, 0.05) is 23.7 Å². The van der Waals surface area contributed by atoms with Crippen LogP contribution in [-0.4, -0.2) is 25.4 Å². The Kier molecular flexibility index (Phi) is 6.30. The molecule has 0 bridgehead atoms. The quantitative estimate of drug-likeness (QED) is 0.862. The predicted octanol–water partition coefficient (Wildman–Crippen LogP) is 3.75. The molecule has 0 aliphatic heterocycles. The topological polar surface area (TPSA) is 30.5 Å². The molecule has 0 amide bonds. The van der Waals surface area contributed by atoms with E-state index in [-0.39, 0.29) is 11.6 Å². The molecular formula is C15H24BrNO2. The van der Waals surface area contributed by atoms with Crippen LogP contribution in [0.15, 0.2) is 22.7 Å². The standard InChI is InChI=1S/C15H24BrNO2/c1-11(18-5)10-19-13-6-7-14(16)12(8-13)9-17-15(2,3)4/h6-8,11,17H,9-10H2,1-5H3. The van der Waals surface area contributed by atoms with E-state index in [4.69, 9.17) is 9.47 Å². The first kappa shape index (κ1) is 16.5. The molecule has 1 atom stereocenters. The van der Waals surface area contributed by atoms with Crippen molar-refractivity contribution in [3.05, 3.63) is 28.2 Å². The van der Waals surface area contributed by atoms with Crippen molar-refractivity contribution in [2.45, 2.75) is 45.9 Å². The highest BCUT2D eigenvalue weighted by Crippen LogP contribution is 2.23. The Bertz CT molecular complexity index is 402. The second-order valence-corrected chi connectivity index (χ2v) is 6.57. The maximum Gasteiger partial charge on any atom is 0.119 e. The first-order valence-electron chi connectivity index (χ1n) is 6.51. The van der Waals surface area contributed by atoms with Gasteiger partial charge in [-0.25, -0.2) is 0 Å². The van der Waals surface area contributed by atoms with Crippen LogP contribution in [0.5, 0.6) is 5.75 Å². The van der Waals surface area contributed by atoms with E-state index in [0.29, 0.717) is 6.61 Å². The van der Waals surface area contributed by atoms with E-state index in [0.717, 1.165) is 16.8 Å². The van der Waals surface area contributed by atoms with Crippen molar-refractivity contribution in [3.63, 3.8) is 0 Å². The van der Waals surface area contributed by atoms with Crippen LogP contribution in [-0.2, 0) is 11.3 Å². The van der Waals surface area contributed by atoms with Crippen LogP contribution in [0.1, 0.15) is 33.3 Å². The lowest BCUT2D eigenvalue weighted by atomic mass is 10.1. The number of nitrogens with one attached hydrogen (secondary N) is 1. The molecule has 0 saturated carbocycles. The second-order valence-electron chi connectivity index (χ2n) is 5.71. The zero-order valence-electron chi connectivity index (χ0n) is 12.4. The van der Waals surface area contributed by atoms with Crippen LogP contribution >= 0.6 is 15.9 Å². The third kappa shape index (κ3) is 6.41. The molecule has 0 saturated heterocycles. The summed E-state index contributed by atoms with van der Waals surface area (Å²) < 4.78 is 12.0. The van der Waals surface area contributed by atoms with Gasteiger partial charge < -0.3 is 14.8 Å². The maximum absolute atomic E-state index is 5.71. The van der Waals surface area contributed by atoms with Crippen molar-refractivity contribution >= 4 is 15.9 Å². The Hall–Kier alpha value is -0.580. The summed E-state index contributed by atoms with van der Waals surface area (Å²) in [5.74, 6) is 0.873. The third-order valence-electron chi connectivity index (χ3n) is 2.71. The number of hydrogen-bond acceptors (Lipinski definition) is 3. The zero-order valence-corrected chi connectivity index (χ0v) is 14.0. The molecule has 108 valence electrons. The Morgan fingerprint density at radius 1 is 1.32 bits per heavy atom. The van der Waals surface area contributed by atoms with Gasteiger partial charge in [0.15, 0.2) is 0 Å². The van der Waals surface area contributed by atoms with Crippen molar-refractivity contribution in [1.29, 1.82) is 0 Å². The van der Waals surface area contributed by atoms with Crippen molar-refractivity contribution in [2.24, 2.45) is 0 Å². The highest BCUT2D eigenvalue weighted by atomic mass is 79.9. The summed E-state index contributed by atoms with van der Waals surface area (Å²) in [6.07, 6.45) is 0.0970. The highest BCUT2D eigenvalue weighted by Gasteiger charge is 2.11. The highest BCUT2D eigenvalue weighted by molar-refractivity contribution is 9.10. The van der Waals surface area contributed by atoms with E-state index in [1.807, 2.05) is 19.1 Å². The Labute approximate surface area is 124 Å². The minimum Gasteiger partial charge on any atom is -0.491 e. The van der Waals surface area contributed by atoms with Gasteiger partial charge in [0.05, 0.1) is 6.10 Å². The smallest absolute Gasteiger partial charge is 0.119 e. The van der Waals surface area contributed by atoms with Crippen molar-refractivity contribution in [3.8, 4) is 5.75 Å². The number of hydrogen-bond donors (Lipinski definition) is 1. The average molecular weight is 330 g/mol. The monoisotopic (exact) mass is 329 g/mol. The minimum absolute atomic E-state index is 0.0970. The lowest BCUT2D eigenvalue weighted by molar-refractivity contribution is 0.0716. The fraction of sp³-hybridized carbons (Fsp3) is 0.600. The van der Waals surface area contributed by atoms with Crippen molar-refractivity contribution in [2.75, 3.05) is 13.7 Å². The summed E-state index contributed by atoms with van der Waals surface area (Å²) in [5.41, 5.74) is 1.29. The molecule has 4 heteroatoms. The van der Waals surface area contributed by atoms with Crippen molar-refractivity contribution < 1.29 is 9.47 Å². The van der Waals surface area contributed by atoms with Crippen LogP contribution in [0.25, 0.3) is 0 Å². The van der Waals surface area contributed by atoms with Crippen LogP contribution in [0.4, 0.5) is 0 Å². The molecule has 0 spiro atoms. The summed E-state index contributed by atoms with van der Waals surface area (Å²) in [6.45, 7) is 9.82. The molecule has 0 aliphatic carbocycles. The van der Waals surface area contributed by atoms with E-state index in [1.165, 1.54) is 5.56 Å². The average Bonchev–Trinajstić information content (AvgIpc) is 2.34. The number of methoxy groups -OCH3 is 1. The van der Waals surface area contributed by atoms with Gasteiger partial charge >= 0.3 is 0 Å². The van der Waals surface area contributed by atoms with Crippen LogP contribution in [0.3, 0.4) is 0 Å². The van der Waals surface area contributed by atoms with E-state index < -0.39 is 0 Å². The summed E-state index contributed by atoms with van der Waals surface area (Å²) >= 11 is 3.57. The SMILES string of the molecule is COC(C)COc1ccc(Br)c(CNC(C)(C)C)c1. The van der Waals surface area contributed by atoms with Gasteiger partial charge in [0.25, 0.3) is 0 Å². The van der Waals surface area contributed by atoms with Gasteiger partial charge in [-0.05, 0) is 51.5 Å². The largest absolute Gasteiger partial charge is 0.491 e. The Balaban J connectivity index is 2.66. The number of halogens is 1. The summed E-state index contributed by atoms with van der Waals surface area (Å²) in [6, 6.07) is 6.05. The molecular weight excluding hydrogens is 306 g/mol. The molecule has 0 radical (unpaired) electrons. The van der Waals surface area contributed by atoms with Crippen LogP contribution < -0.4 is 10.1 Å². The van der Waals surface area contributed by atoms with Gasteiger partial charge in [0.1, 0.15) is 12.4 Å². The number of rotatable bonds is 6. The predicted molar refractivity (Wildman–Crippen MR) is 82.7 cm³/mol. The Morgan fingerprint density at radius 3 is 2.58 bits per heavy atom. The molecule has 0 aliphatic rings. The van der Waals surface area contributed by atoms with Gasteiger partial charge in [-0.1, -0.05) is 15.9 Å². The summed E-state index contributed by atoms with van der Waals surface area (Å²) in [4.78, 5) is 0. The van der Waals surface area contributed by atoms with E-state index in [9.17, 15) is 0 Å². The molecule has 3 nitrogen and oxygen atoms in total. The van der Waals surface area contributed by atoms with Gasteiger partial charge in [-0.15, -0.1) is 0 Å². The fourth-order valence-corrected chi connectivity index (χ4v) is 1.81. The van der Waals surface area contributed by atoms with Crippen molar-refractivity contribution in [1.82, 2.24) is 5.32 Å². The summed E-state index contributed by atoms with van der Waals surface area (Å²) in [5, 5.41) is 3.47. The van der Waals surface area contributed by atoms with E-state index in [1.54, 1.807) is 7.11 Å². The summed E-state index contributed by atoms with van der Waals surface area (Å²) in [7, 11) is 1.69. The van der Waals surface area contributed by atoms with Crippen LogP contribution in [0, 0.1) is 0 Å². The molecule has 1 aromatic rings. The molecule has 1 aromatic carbocycles. The number of benzene rings is 1. The van der Waals surface area contributed by atoms with Gasteiger partial charge in [-0.3, -0.25) is 0 Å². The van der Waals surface area contributed by atoms with E-state index >= 15 is 0 Å². The molecule has 0 heterocycles. The van der Waals surface area contributed by atoms with Crippen LogP contribution in [0.2, 0.25) is 0 Å². The molecule has 0 fully saturated rings. The van der Waals surface area contributed by atoms with E-state index in [2.05, 4.69) is 48.1 Å². The normalized spacial score (nSPS) is 13.4. The van der Waals surface area contributed by atoms with Gasteiger partial charge in [-0.2, -0.15) is 0 Å².